The van der Waals surface area contributed by atoms with Gasteiger partial charge in [-0.05, 0) is 18.2 Å². The molecule has 0 unspecified atom stereocenters. The summed E-state index contributed by atoms with van der Waals surface area (Å²) >= 11 is 0. The molecule has 1 aromatic carbocycles. The molecule has 1 heterocycles. The highest BCUT2D eigenvalue weighted by Crippen LogP contribution is 2.36. The summed E-state index contributed by atoms with van der Waals surface area (Å²) in [6.07, 6.45) is 2.60. The molecule has 23 heavy (non-hydrogen) atoms. The van der Waals surface area contributed by atoms with Crippen LogP contribution in [0.5, 0.6) is 17.2 Å². The largest absolute Gasteiger partial charge is 0.502 e. The molecule has 1 aromatic heterocycles. The van der Waals surface area contributed by atoms with Crippen LogP contribution in [0.15, 0.2) is 35.6 Å². The Morgan fingerprint density at radius 3 is 2.43 bits per heavy atom. The van der Waals surface area contributed by atoms with Crippen molar-refractivity contribution in [2.24, 2.45) is 5.10 Å². The predicted molar refractivity (Wildman–Crippen MR) is 83.3 cm³/mol. The number of anilines is 1. The molecule has 120 valence electrons. The summed E-state index contributed by atoms with van der Waals surface area (Å²) in [5, 5.41) is 24.3. The number of hydrazone groups is 1. The molecule has 9 nitrogen and oxygen atoms in total. The number of methoxy groups -OCH3 is 2. The van der Waals surface area contributed by atoms with Crippen LogP contribution in [0.25, 0.3) is 0 Å². The second-order valence-corrected chi connectivity index (χ2v) is 4.30. The van der Waals surface area contributed by atoms with Gasteiger partial charge in [-0.3, -0.25) is 15.5 Å². The maximum Gasteiger partial charge on any atom is 0.287 e. The topological polar surface area (TPSA) is 119 Å². The Balaban J connectivity index is 2.12. The van der Waals surface area contributed by atoms with E-state index in [-0.39, 0.29) is 22.9 Å². The molecule has 0 aliphatic rings. The summed E-state index contributed by atoms with van der Waals surface area (Å²) in [6.45, 7) is 0. The lowest BCUT2D eigenvalue weighted by atomic mass is 10.2. The second kappa shape index (κ2) is 7.07. The third-order valence-electron chi connectivity index (χ3n) is 2.85. The van der Waals surface area contributed by atoms with Gasteiger partial charge < -0.3 is 14.6 Å². The van der Waals surface area contributed by atoms with Crippen molar-refractivity contribution in [1.82, 2.24) is 4.98 Å². The third-order valence-corrected chi connectivity index (χ3v) is 2.85. The van der Waals surface area contributed by atoms with Crippen LogP contribution in [0.4, 0.5) is 11.5 Å². The van der Waals surface area contributed by atoms with Crippen LogP contribution in [0, 0.1) is 10.1 Å². The first kappa shape index (κ1) is 16.0. The van der Waals surface area contributed by atoms with E-state index in [1.54, 1.807) is 12.1 Å². The van der Waals surface area contributed by atoms with Crippen molar-refractivity contribution >= 4 is 17.7 Å². The van der Waals surface area contributed by atoms with Gasteiger partial charge in [0.2, 0.25) is 5.75 Å². The smallest absolute Gasteiger partial charge is 0.287 e. The Labute approximate surface area is 131 Å². The zero-order chi connectivity index (χ0) is 16.8. The highest BCUT2D eigenvalue weighted by molar-refractivity contribution is 5.82. The van der Waals surface area contributed by atoms with E-state index >= 15 is 0 Å². The number of hydrogen-bond acceptors (Lipinski definition) is 8. The quantitative estimate of drug-likeness (QED) is 0.476. The van der Waals surface area contributed by atoms with E-state index in [0.29, 0.717) is 11.4 Å². The number of aromatic nitrogens is 1. The van der Waals surface area contributed by atoms with Gasteiger partial charge in [0, 0.05) is 11.6 Å². The van der Waals surface area contributed by atoms with Crippen molar-refractivity contribution in [2.75, 3.05) is 19.6 Å². The lowest BCUT2D eigenvalue weighted by molar-refractivity contribution is -0.385. The van der Waals surface area contributed by atoms with Gasteiger partial charge in [-0.15, -0.1) is 0 Å². The molecular formula is C14H14N4O5. The lowest BCUT2D eigenvalue weighted by Gasteiger charge is -2.09. The summed E-state index contributed by atoms with van der Waals surface area (Å²) in [4.78, 5) is 13.9. The van der Waals surface area contributed by atoms with Gasteiger partial charge in [0.05, 0.1) is 25.4 Å². The van der Waals surface area contributed by atoms with E-state index in [2.05, 4.69) is 15.5 Å². The molecule has 2 N–H and O–H groups in total. The fraction of sp³-hybridized carbons (Fsp3) is 0.143. The fourth-order valence-electron chi connectivity index (χ4n) is 1.72. The Bertz CT molecular complexity index is 705. The number of ether oxygens (including phenoxy) is 2. The zero-order valence-electron chi connectivity index (χ0n) is 12.4. The number of rotatable bonds is 6. The molecule has 0 fully saturated rings. The van der Waals surface area contributed by atoms with Crippen molar-refractivity contribution in [3.05, 3.63) is 46.1 Å². The van der Waals surface area contributed by atoms with Crippen LogP contribution in [0.2, 0.25) is 0 Å². The van der Waals surface area contributed by atoms with Crippen molar-refractivity contribution in [3.63, 3.8) is 0 Å². The summed E-state index contributed by atoms with van der Waals surface area (Å²) in [6, 6.07) is 5.91. The molecule has 0 radical (unpaired) electrons. The minimum atomic E-state index is -0.533. The zero-order valence-corrected chi connectivity index (χ0v) is 12.4. The fourth-order valence-corrected chi connectivity index (χ4v) is 1.72. The maximum atomic E-state index is 10.5. The van der Waals surface area contributed by atoms with E-state index in [9.17, 15) is 15.2 Å². The van der Waals surface area contributed by atoms with Gasteiger partial charge in [0.25, 0.3) is 5.69 Å². The highest BCUT2D eigenvalue weighted by atomic mass is 16.6. The first-order chi connectivity index (χ1) is 11.0. The average molecular weight is 318 g/mol. The van der Waals surface area contributed by atoms with Gasteiger partial charge in [-0.25, -0.2) is 4.98 Å². The molecule has 0 aliphatic carbocycles. The van der Waals surface area contributed by atoms with E-state index < -0.39 is 4.92 Å². The molecule has 0 saturated carbocycles. The first-order valence-electron chi connectivity index (χ1n) is 6.39. The minimum absolute atomic E-state index is 0.0999. The molecule has 0 saturated heterocycles. The molecule has 0 spiro atoms. The summed E-state index contributed by atoms with van der Waals surface area (Å²) in [5.74, 6) is 0.750. The Morgan fingerprint density at radius 2 is 1.96 bits per heavy atom. The van der Waals surface area contributed by atoms with Gasteiger partial charge in [0.1, 0.15) is 12.0 Å². The van der Waals surface area contributed by atoms with E-state index in [1.165, 1.54) is 32.6 Å². The van der Waals surface area contributed by atoms with Crippen LogP contribution in [-0.2, 0) is 0 Å². The van der Waals surface area contributed by atoms with Crippen LogP contribution in [0.3, 0.4) is 0 Å². The molecule has 2 rings (SSSR count). The number of aromatic hydroxyl groups is 1. The SMILES string of the molecule is COc1cc(/C=N\Nc2ccc([N+](=O)[O-])cn2)cc(OC)c1O. The van der Waals surface area contributed by atoms with Gasteiger partial charge in [-0.2, -0.15) is 5.10 Å². The summed E-state index contributed by atoms with van der Waals surface area (Å²) in [7, 11) is 2.85. The van der Waals surface area contributed by atoms with Crippen LogP contribution in [0.1, 0.15) is 5.56 Å². The highest BCUT2D eigenvalue weighted by Gasteiger charge is 2.10. The molecule has 0 bridgehead atoms. The standard InChI is InChI=1S/C14H14N4O5/c1-22-11-5-9(6-12(23-2)14(11)19)7-16-17-13-4-3-10(8-15-13)18(20)21/h3-8,19H,1-2H3,(H,15,17)/b16-7-. The van der Waals surface area contributed by atoms with Gasteiger partial charge in [0.15, 0.2) is 11.5 Å². The van der Waals surface area contributed by atoms with Crippen LogP contribution < -0.4 is 14.9 Å². The maximum absolute atomic E-state index is 10.5. The van der Waals surface area contributed by atoms with E-state index in [4.69, 9.17) is 9.47 Å². The molecule has 9 heteroatoms. The van der Waals surface area contributed by atoms with Crippen molar-refractivity contribution in [1.29, 1.82) is 0 Å². The second-order valence-electron chi connectivity index (χ2n) is 4.30. The van der Waals surface area contributed by atoms with Crippen LogP contribution in [-0.4, -0.2) is 35.4 Å². The van der Waals surface area contributed by atoms with Gasteiger partial charge >= 0.3 is 0 Å². The molecule has 0 atom stereocenters. The number of phenols is 1. The first-order valence-corrected chi connectivity index (χ1v) is 6.39. The number of nitrogens with zero attached hydrogens (tertiary/aromatic N) is 3. The molecule has 2 aromatic rings. The van der Waals surface area contributed by atoms with Crippen molar-refractivity contribution < 1.29 is 19.5 Å². The lowest BCUT2D eigenvalue weighted by Crippen LogP contribution is -1.96. The Hall–Kier alpha value is -3.36. The molecule has 0 aliphatic heterocycles. The number of phenolic OH excluding ortho intramolecular Hbond substituents is 1. The predicted octanol–water partition coefficient (Wildman–Crippen LogP) is 2.16. The Kier molecular flexibility index (Phi) is 4.92. The normalized spacial score (nSPS) is 10.5. The average Bonchev–Trinajstić information content (AvgIpc) is 2.56. The molecular weight excluding hydrogens is 304 g/mol. The van der Waals surface area contributed by atoms with E-state index in [0.717, 1.165) is 6.20 Å². The number of benzene rings is 1. The number of pyridine rings is 1. The number of nitro groups is 1. The molecule has 0 amide bonds. The van der Waals surface area contributed by atoms with Crippen molar-refractivity contribution in [2.45, 2.75) is 0 Å². The Morgan fingerprint density at radius 1 is 1.30 bits per heavy atom. The summed E-state index contributed by atoms with van der Waals surface area (Å²) < 4.78 is 10.1. The van der Waals surface area contributed by atoms with Crippen molar-refractivity contribution in [3.8, 4) is 17.2 Å². The summed E-state index contributed by atoms with van der Waals surface area (Å²) in [5.41, 5.74) is 3.15. The number of nitrogens with one attached hydrogen (secondary N) is 1. The third kappa shape index (κ3) is 3.84. The van der Waals surface area contributed by atoms with Gasteiger partial charge in [-0.1, -0.05) is 0 Å². The van der Waals surface area contributed by atoms with E-state index in [1.807, 2.05) is 0 Å². The minimum Gasteiger partial charge on any atom is -0.502 e. The number of hydrogen-bond donors (Lipinski definition) is 2. The monoisotopic (exact) mass is 318 g/mol. The van der Waals surface area contributed by atoms with Crippen LogP contribution >= 0.6 is 0 Å².